The highest BCUT2D eigenvalue weighted by Crippen LogP contribution is 2.33. The second kappa shape index (κ2) is 7.16. The molecule has 0 atom stereocenters. The number of hydrogen-bond acceptors (Lipinski definition) is 2. The summed E-state index contributed by atoms with van der Waals surface area (Å²) in [5.41, 5.74) is 0.885. The van der Waals surface area contributed by atoms with Gasteiger partial charge in [0.25, 0.3) is 5.91 Å². The summed E-state index contributed by atoms with van der Waals surface area (Å²) in [7, 11) is 0. The van der Waals surface area contributed by atoms with Crippen LogP contribution in [0.1, 0.15) is 17.3 Å². The largest absolute Gasteiger partial charge is 0.490 e. The molecule has 3 nitrogen and oxygen atoms in total. The van der Waals surface area contributed by atoms with Crippen molar-refractivity contribution in [3.05, 3.63) is 56.5 Å². The van der Waals surface area contributed by atoms with Crippen molar-refractivity contribution >= 4 is 50.7 Å². The molecule has 0 saturated heterocycles. The Bertz CT molecular complexity index is 677. The van der Waals surface area contributed by atoms with Crippen LogP contribution in [0.15, 0.2) is 40.9 Å². The van der Waals surface area contributed by atoms with Gasteiger partial charge in [-0.1, -0.05) is 45.2 Å². The molecule has 110 valence electrons. The second-order valence-electron chi connectivity index (χ2n) is 4.13. The van der Waals surface area contributed by atoms with E-state index in [0.29, 0.717) is 33.7 Å². The Labute approximate surface area is 141 Å². The van der Waals surface area contributed by atoms with E-state index in [2.05, 4.69) is 21.2 Å². The summed E-state index contributed by atoms with van der Waals surface area (Å²) in [5.74, 6) is 0.124. The summed E-state index contributed by atoms with van der Waals surface area (Å²) in [6, 6.07) is 10.2. The van der Waals surface area contributed by atoms with Crippen molar-refractivity contribution in [1.29, 1.82) is 0 Å². The Balaban J connectivity index is 2.29. The average molecular weight is 389 g/mol. The molecule has 2 aromatic carbocycles. The number of halogens is 3. The lowest BCUT2D eigenvalue weighted by molar-refractivity contribution is 0.102. The van der Waals surface area contributed by atoms with Gasteiger partial charge in [0.2, 0.25) is 0 Å². The van der Waals surface area contributed by atoms with E-state index in [0.717, 1.165) is 4.47 Å². The molecule has 0 saturated carbocycles. The molecule has 0 aliphatic heterocycles. The lowest BCUT2D eigenvalue weighted by Crippen LogP contribution is -2.13. The molecule has 0 heterocycles. The van der Waals surface area contributed by atoms with Crippen LogP contribution in [0, 0.1) is 0 Å². The van der Waals surface area contributed by atoms with Gasteiger partial charge in [0.15, 0.2) is 5.75 Å². The van der Waals surface area contributed by atoms with Crippen LogP contribution in [0.3, 0.4) is 0 Å². The van der Waals surface area contributed by atoms with Crippen LogP contribution in [0.2, 0.25) is 10.0 Å². The maximum Gasteiger partial charge on any atom is 0.257 e. The molecule has 0 bridgehead atoms. The Kier molecular flexibility index (Phi) is 5.51. The SMILES string of the molecule is CCOc1c(Cl)cccc1NC(=O)c1ccc(Br)cc1Cl. The summed E-state index contributed by atoms with van der Waals surface area (Å²) in [6.07, 6.45) is 0. The first-order valence-corrected chi connectivity index (χ1v) is 7.75. The monoisotopic (exact) mass is 387 g/mol. The minimum absolute atomic E-state index is 0.323. The molecule has 0 radical (unpaired) electrons. The van der Waals surface area contributed by atoms with Gasteiger partial charge in [-0.05, 0) is 37.3 Å². The first-order valence-electron chi connectivity index (χ1n) is 6.20. The molecular weight excluding hydrogens is 377 g/mol. The number of benzene rings is 2. The van der Waals surface area contributed by atoms with E-state index in [-0.39, 0.29) is 5.91 Å². The normalized spacial score (nSPS) is 10.3. The molecule has 21 heavy (non-hydrogen) atoms. The molecule has 0 unspecified atom stereocenters. The first kappa shape index (κ1) is 16.1. The lowest BCUT2D eigenvalue weighted by Gasteiger charge is -2.13. The summed E-state index contributed by atoms with van der Waals surface area (Å²) >= 11 is 15.5. The minimum atomic E-state index is -0.323. The molecule has 2 aromatic rings. The Morgan fingerprint density at radius 1 is 1.24 bits per heavy atom. The third-order valence-electron chi connectivity index (χ3n) is 2.68. The zero-order valence-electron chi connectivity index (χ0n) is 11.1. The van der Waals surface area contributed by atoms with Gasteiger partial charge >= 0.3 is 0 Å². The predicted octanol–water partition coefficient (Wildman–Crippen LogP) is 5.41. The van der Waals surface area contributed by atoms with Crippen LogP contribution >= 0.6 is 39.1 Å². The molecule has 2 rings (SSSR count). The van der Waals surface area contributed by atoms with Crippen molar-refractivity contribution in [2.75, 3.05) is 11.9 Å². The fraction of sp³-hybridized carbons (Fsp3) is 0.133. The zero-order valence-corrected chi connectivity index (χ0v) is 14.2. The summed E-state index contributed by atoms with van der Waals surface area (Å²) in [5, 5.41) is 3.57. The highest BCUT2D eigenvalue weighted by Gasteiger charge is 2.15. The summed E-state index contributed by atoms with van der Waals surface area (Å²) in [6.45, 7) is 2.30. The Hall–Kier alpha value is -1.23. The Morgan fingerprint density at radius 3 is 2.67 bits per heavy atom. The number of rotatable bonds is 4. The molecule has 0 fully saturated rings. The van der Waals surface area contributed by atoms with E-state index in [4.69, 9.17) is 27.9 Å². The fourth-order valence-corrected chi connectivity index (χ4v) is 2.75. The topological polar surface area (TPSA) is 38.3 Å². The molecule has 0 spiro atoms. The zero-order chi connectivity index (χ0) is 15.4. The number of ether oxygens (including phenoxy) is 1. The molecule has 1 N–H and O–H groups in total. The van der Waals surface area contributed by atoms with Gasteiger partial charge in [0, 0.05) is 4.47 Å². The third-order valence-corrected chi connectivity index (χ3v) is 3.78. The number of nitrogens with one attached hydrogen (secondary N) is 1. The van der Waals surface area contributed by atoms with Crippen LogP contribution in [-0.2, 0) is 0 Å². The lowest BCUT2D eigenvalue weighted by atomic mass is 10.2. The van der Waals surface area contributed by atoms with Gasteiger partial charge in [0.1, 0.15) is 0 Å². The number of hydrogen-bond donors (Lipinski definition) is 1. The van der Waals surface area contributed by atoms with E-state index in [1.165, 1.54) is 0 Å². The van der Waals surface area contributed by atoms with Crippen LogP contribution < -0.4 is 10.1 Å². The predicted molar refractivity (Wildman–Crippen MR) is 89.7 cm³/mol. The Morgan fingerprint density at radius 2 is 2.00 bits per heavy atom. The average Bonchev–Trinajstić information content (AvgIpc) is 2.42. The molecule has 1 amide bonds. The molecule has 6 heteroatoms. The van der Waals surface area contributed by atoms with E-state index in [1.54, 1.807) is 36.4 Å². The van der Waals surface area contributed by atoms with Crippen molar-refractivity contribution in [2.24, 2.45) is 0 Å². The molecule has 0 aromatic heterocycles. The van der Waals surface area contributed by atoms with Crippen molar-refractivity contribution in [1.82, 2.24) is 0 Å². The number of carbonyl (C=O) groups is 1. The summed E-state index contributed by atoms with van der Waals surface area (Å²) in [4.78, 5) is 12.3. The van der Waals surface area contributed by atoms with Gasteiger partial charge in [-0.2, -0.15) is 0 Å². The van der Waals surface area contributed by atoms with E-state index in [1.807, 2.05) is 6.92 Å². The van der Waals surface area contributed by atoms with Gasteiger partial charge in [0.05, 0.1) is 27.9 Å². The minimum Gasteiger partial charge on any atom is -0.490 e. The van der Waals surface area contributed by atoms with Gasteiger partial charge in [-0.3, -0.25) is 4.79 Å². The maximum absolute atomic E-state index is 12.3. The van der Waals surface area contributed by atoms with Crippen LogP contribution in [-0.4, -0.2) is 12.5 Å². The van der Waals surface area contributed by atoms with E-state index >= 15 is 0 Å². The number of carbonyl (C=O) groups excluding carboxylic acids is 1. The van der Waals surface area contributed by atoms with Gasteiger partial charge in [-0.15, -0.1) is 0 Å². The molecular formula is C15H12BrCl2NO2. The van der Waals surface area contributed by atoms with Crippen molar-refractivity contribution in [3.8, 4) is 5.75 Å². The standard InChI is InChI=1S/C15H12BrCl2NO2/c1-2-21-14-11(17)4-3-5-13(14)19-15(20)10-7-6-9(16)8-12(10)18/h3-8H,2H2,1H3,(H,19,20). The number of amides is 1. The second-order valence-corrected chi connectivity index (χ2v) is 5.86. The quantitative estimate of drug-likeness (QED) is 0.760. The number of anilines is 1. The molecule has 0 aliphatic carbocycles. The van der Waals surface area contributed by atoms with Crippen molar-refractivity contribution in [3.63, 3.8) is 0 Å². The smallest absolute Gasteiger partial charge is 0.257 e. The van der Waals surface area contributed by atoms with Crippen molar-refractivity contribution < 1.29 is 9.53 Å². The fourth-order valence-electron chi connectivity index (χ4n) is 1.76. The summed E-state index contributed by atoms with van der Waals surface area (Å²) < 4.78 is 6.27. The maximum atomic E-state index is 12.3. The van der Waals surface area contributed by atoms with Crippen LogP contribution in [0.4, 0.5) is 5.69 Å². The number of para-hydroxylation sites is 1. The van der Waals surface area contributed by atoms with E-state index < -0.39 is 0 Å². The van der Waals surface area contributed by atoms with Crippen molar-refractivity contribution in [2.45, 2.75) is 6.92 Å². The first-order chi connectivity index (χ1) is 10.0. The van der Waals surface area contributed by atoms with Crippen LogP contribution in [0.25, 0.3) is 0 Å². The highest BCUT2D eigenvalue weighted by molar-refractivity contribution is 9.10. The molecule has 0 aliphatic rings. The van der Waals surface area contributed by atoms with E-state index in [9.17, 15) is 4.79 Å². The highest BCUT2D eigenvalue weighted by atomic mass is 79.9. The van der Waals surface area contributed by atoms with Gasteiger partial charge < -0.3 is 10.1 Å². The third kappa shape index (κ3) is 3.90. The van der Waals surface area contributed by atoms with Gasteiger partial charge in [-0.25, -0.2) is 0 Å². The van der Waals surface area contributed by atoms with Crippen LogP contribution in [0.5, 0.6) is 5.75 Å².